The van der Waals surface area contributed by atoms with Crippen LogP contribution in [0.1, 0.15) is 37.9 Å². The number of hydrogen-bond donors (Lipinski definition) is 1. The van der Waals surface area contributed by atoms with Gasteiger partial charge in [0.25, 0.3) is 0 Å². The zero-order valence-corrected chi connectivity index (χ0v) is 13.1. The first kappa shape index (κ1) is 13.8. The van der Waals surface area contributed by atoms with Crippen LogP contribution in [0.15, 0.2) is 24.3 Å². The van der Waals surface area contributed by atoms with Gasteiger partial charge in [-0.05, 0) is 55.6 Å². The van der Waals surface area contributed by atoms with Crippen LogP contribution in [0.3, 0.4) is 0 Å². The number of benzene rings is 1. The van der Waals surface area contributed by atoms with E-state index in [1.54, 1.807) is 0 Å². The van der Waals surface area contributed by atoms with E-state index in [1.165, 1.54) is 25.7 Å². The second kappa shape index (κ2) is 5.41. The third kappa shape index (κ3) is 2.87. The highest BCUT2D eigenvalue weighted by Crippen LogP contribution is 2.50. The smallest absolute Gasteiger partial charge is 0.223 e. The van der Waals surface area contributed by atoms with Crippen molar-refractivity contribution in [2.45, 2.75) is 38.6 Å². The number of aromatic amines is 1. The number of aromatic nitrogens is 2. The van der Waals surface area contributed by atoms with Crippen molar-refractivity contribution in [3.63, 3.8) is 0 Å². The Morgan fingerprint density at radius 2 is 1.95 bits per heavy atom. The van der Waals surface area contributed by atoms with Crippen LogP contribution in [-0.2, 0) is 11.3 Å². The molecule has 0 radical (unpaired) electrons. The summed E-state index contributed by atoms with van der Waals surface area (Å²) < 4.78 is 0. The number of carbonyl (C=O) groups is 1. The van der Waals surface area contributed by atoms with E-state index in [9.17, 15) is 4.79 Å². The van der Waals surface area contributed by atoms with Crippen molar-refractivity contribution in [3.05, 3.63) is 30.1 Å². The number of nitrogens with zero attached hydrogens (tertiary/aromatic N) is 2. The average Bonchev–Trinajstić information content (AvgIpc) is 3.41. The Kier molecular flexibility index (Phi) is 3.40. The van der Waals surface area contributed by atoms with Crippen molar-refractivity contribution >= 4 is 16.9 Å². The molecule has 0 atom stereocenters. The lowest BCUT2D eigenvalue weighted by Gasteiger charge is -2.20. The summed E-state index contributed by atoms with van der Waals surface area (Å²) >= 11 is 0. The molecule has 0 unspecified atom stereocenters. The molecule has 2 aliphatic carbocycles. The average molecular weight is 297 g/mol. The van der Waals surface area contributed by atoms with Crippen molar-refractivity contribution in [3.8, 4) is 0 Å². The molecule has 4 rings (SSSR count). The van der Waals surface area contributed by atoms with E-state index in [0.717, 1.165) is 35.1 Å². The molecule has 0 spiro atoms. The topological polar surface area (TPSA) is 49.0 Å². The predicted octanol–water partition coefficient (Wildman–Crippen LogP) is 3.35. The number of carbonyl (C=O) groups excluding carboxylic acids is 1. The zero-order valence-electron chi connectivity index (χ0n) is 13.1. The minimum Gasteiger partial charge on any atom is -0.340 e. The van der Waals surface area contributed by atoms with Crippen LogP contribution in [0.5, 0.6) is 0 Å². The van der Waals surface area contributed by atoms with Gasteiger partial charge in [0.2, 0.25) is 5.91 Å². The largest absolute Gasteiger partial charge is 0.340 e. The summed E-state index contributed by atoms with van der Waals surface area (Å²) in [7, 11) is 1.90. The number of imidazole rings is 1. The van der Waals surface area contributed by atoms with Gasteiger partial charge in [0.15, 0.2) is 0 Å². The fourth-order valence-electron chi connectivity index (χ4n) is 3.52. The molecule has 2 saturated carbocycles. The van der Waals surface area contributed by atoms with Gasteiger partial charge in [-0.2, -0.15) is 0 Å². The summed E-state index contributed by atoms with van der Waals surface area (Å²) in [5.74, 6) is 3.44. The maximum absolute atomic E-state index is 12.5. The van der Waals surface area contributed by atoms with Crippen molar-refractivity contribution in [1.29, 1.82) is 0 Å². The molecule has 0 saturated heterocycles. The molecule has 1 heterocycles. The normalized spacial score (nSPS) is 18.1. The van der Waals surface area contributed by atoms with E-state index in [2.05, 4.69) is 9.97 Å². The third-order valence-corrected chi connectivity index (χ3v) is 5.12. The molecule has 2 aliphatic rings. The quantitative estimate of drug-likeness (QED) is 0.889. The fourth-order valence-corrected chi connectivity index (χ4v) is 3.52. The van der Waals surface area contributed by atoms with Crippen LogP contribution in [0.25, 0.3) is 11.0 Å². The zero-order chi connectivity index (χ0) is 15.1. The van der Waals surface area contributed by atoms with Gasteiger partial charge >= 0.3 is 0 Å². The Morgan fingerprint density at radius 1 is 1.27 bits per heavy atom. The summed E-state index contributed by atoms with van der Waals surface area (Å²) in [4.78, 5) is 22.2. The van der Waals surface area contributed by atoms with Gasteiger partial charge in [0, 0.05) is 13.5 Å². The highest BCUT2D eigenvalue weighted by atomic mass is 16.2. The lowest BCUT2D eigenvalue weighted by molar-refractivity contribution is -0.131. The molecule has 1 aromatic carbocycles. The molecule has 0 bridgehead atoms. The number of para-hydroxylation sites is 2. The maximum atomic E-state index is 12.5. The maximum Gasteiger partial charge on any atom is 0.223 e. The van der Waals surface area contributed by atoms with Gasteiger partial charge in [-0.25, -0.2) is 4.98 Å². The molecule has 1 amide bonds. The first-order chi connectivity index (χ1) is 10.7. The van der Waals surface area contributed by atoms with Crippen molar-refractivity contribution in [2.75, 3.05) is 7.05 Å². The summed E-state index contributed by atoms with van der Waals surface area (Å²) in [6.07, 6.45) is 6.07. The monoisotopic (exact) mass is 297 g/mol. The van der Waals surface area contributed by atoms with E-state index in [1.807, 2.05) is 36.2 Å². The SMILES string of the molecule is CN(Cc1nc2ccccc2[nH]1)C(=O)CC(C1CC1)C1CC1. The van der Waals surface area contributed by atoms with E-state index in [4.69, 9.17) is 0 Å². The van der Waals surface area contributed by atoms with Crippen LogP contribution < -0.4 is 0 Å². The van der Waals surface area contributed by atoms with Crippen molar-refractivity contribution < 1.29 is 4.79 Å². The minimum absolute atomic E-state index is 0.268. The molecule has 4 heteroatoms. The lowest BCUT2D eigenvalue weighted by atomic mass is 9.93. The van der Waals surface area contributed by atoms with Crippen molar-refractivity contribution in [2.24, 2.45) is 17.8 Å². The number of nitrogens with one attached hydrogen (secondary N) is 1. The lowest BCUT2D eigenvalue weighted by Crippen LogP contribution is -2.29. The van der Waals surface area contributed by atoms with Crippen LogP contribution in [0.2, 0.25) is 0 Å². The molecule has 22 heavy (non-hydrogen) atoms. The van der Waals surface area contributed by atoms with Gasteiger partial charge in [-0.1, -0.05) is 12.1 Å². The highest BCUT2D eigenvalue weighted by molar-refractivity contribution is 5.77. The second-order valence-corrected chi connectivity index (χ2v) is 6.99. The molecule has 2 fully saturated rings. The molecule has 4 nitrogen and oxygen atoms in total. The molecular formula is C18H23N3O. The standard InChI is InChI=1S/C18H23N3O/c1-21(11-17-19-15-4-2-3-5-16(15)20-17)18(22)10-14(12-6-7-12)13-8-9-13/h2-5,12-14H,6-11H2,1H3,(H,19,20). The number of fused-ring (bicyclic) bond motifs is 1. The Morgan fingerprint density at radius 3 is 2.59 bits per heavy atom. The highest BCUT2D eigenvalue weighted by Gasteiger charge is 2.42. The van der Waals surface area contributed by atoms with E-state index < -0.39 is 0 Å². The molecular weight excluding hydrogens is 274 g/mol. The second-order valence-electron chi connectivity index (χ2n) is 6.99. The Labute approximate surface area is 130 Å². The Bertz CT molecular complexity index is 639. The summed E-state index contributed by atoms with van der Waals surface area (Å²) in [6, 6.07) is 7.99. The number of H-pyrrole nitrogens is 1. The van der Waals surface area contributed by atoms with Crippen LogP contribution in [0, 0.1) is 17.8 Å². The number of amides is 1. The molecule has 116 valence electrons. The van der Waals surface area contributed by atoms with Gasteiger partial charge in [-0.3, -0.25) is 4.79 Å². The van der Waals surface area contributed by atoms with Gasteiger partial charge in [0.05, 0.1) is 17.6 Å². The van der Waals surface area contributed by atoms with E-state index in [0.29, 0.717) is 12.5 Å². The van der Waals surface area contributed by atoms with E-state index >= 15 is 0 Å². The fraction of sp³-hybridized carbons (Fsp3) is 0.556. The van der Waals surface area contributed by atoms with Gasteiger partial charge in [0.1, 0.15) is 5.82 Å². The minimum atomic E-state index is 0.268. The molecule has 1 N–H and O–H groups in total. The molecule has 0 aliphatic heterocycles. The molecule has 2 aromatic rings. The van der Waals surface area contributed by atoms with Crippen LogP contribution in [-0.4, -0.2) is 27.8 Å². The summed E-state index contributed by atoms with van der Waals surface area (Å²) in [5.41, 5.74) is 2.00. The number of rotatable bonds is 6. The Hall–Kier alpha value is -1.84. The van der Waals surface area contributed by atoms with Crippen LogP contribution in [0.4, 0.5) is 0 Å². The summed E-state index contributed by atoms with van der Waals surface area (Å²) in [5, 5.41) is 0. The molecule has 1 aromatic heterocycles. The van der Waals surface area contributed by atoms with E-state index in [-0.39, 0.29) is 5.91 Å². The third-order valence-electron chi connectivity index (χ3n) is 5.12. The van der Waals surface area contributed by atoms with Crippen molar-refractivity contribution in [1.82, 2.24) is 14.9 Å². The predicted molar refractivity (Wildman–Crippen MR) is 86.1 cm³/mol. The van der Waals surface area contributed by atoms with Gasteiger partial charge < -0.3 is 9.88 Å². The van der Waals surface area contributed by atoms with Crippen LogP contribution >= 0.6 is 0 Å². The number of hydrogen-bond acceptors (Lipinski definition) is 2. The summed E-state index contributed by atoms with van der Waals surface area (Å²) in [6.45, 7) is 0.565. The first-order valence-corrected chi connectivity index (χ1v) is 8.38. The first-order valence-electron chi connectivity index (χ1n) is 8.38. The van der Waals surface area contributed by atoms with Gasteiger partial charge in [-0.15, -0.1) is 0 Å². The Balaban J connectivity index is 1.40.